The molecular formula is C13H28N2O2. The van der Waals surface area contributed by atoms with Crippen LogP contribution in [-0.2, 0) is 9.53 Å². The van der Waals surface area contributed by atoms with Crippen molar-refractivity contribution in [2.75, 3.05) is 19.8 Å². The summed E-state index contributed by atoms with van der Waals surface area (Å²) in [7, 11) is 0. The molecule has 0 aliphatic carbocycles. The van der Waals surface area contributed by atoms with Gasteiger partial charge in [-0.25, -0.2) is 0 Å². The van der Waals surface area contributed by atoms with Crippen molar-refractivity contribution in [1.29, 1.82) is 0 Å². The highest BCUT2D eigenvalue weighted by Crippen LogP contribution is 2.12. The predicted molar refractivity (Wildman–Crippen MR) is 70.8 cm³/mol. The van der Waals surface area contributed by atoms with Crippen molar-refractivity contribution in [2.45, 2.75) is 52.5 Å². The molecule has 1 amide bonds. The van der Waals surface area contributed by atoms with Gasteiger partial charge in [-0.3, -0.25) is 4.79 Å². The highest BCUT2D eigenvalue weighted by Gasteiger charge is 2.29. The van der Waals surface area contributed by atoms with Gasteiger partial charge >= 0.3 is 0 Å². The van der Waals surface area contributed by atoms with Gasteiger partial charge in [-0.05, 0) is 38.6 Å². The first-order valence-corrected chi connectivity index (χ1v) is 6.55. The number of nitrogens with one attached hydrogen (secondary N) is 1. The molecule has 3 N–H and O–H groups in total. The first-order valence-electron chi connectivity index (χ1n) is 6.55. The molecule has 17 heavy (non-hydrogen) atoms. The number of amides is 1. The topological polar surface area (TPSA) is 64.3 Å². The van der Waals surface area contributed by atoms with Crippen LogP contribution in [0, 0.1) is 5.92 Å². The molecule has 0 aromatic heterocycles. The molecule has 0 aromatic carbocycles. The van der Waals surface area contributed by atoms with Gasteiger partial charge in [0, 0.05) is 13.2 Å². The Kier molecular flexibility index (Phi) is 8.17. The quantitative estimate of drug-likeness (QED) is 0.575. The molecular weight excluding hydrogens is 216 g/mol. The van der Waals surface area contributed by atoms with Gasteiger partial charge < -0.3 is 15.8 Å². The molecule has 0 saturated carbocycles. The lowest BCUT2D eigenvalue weighted by molar-refractivity contribution is -0.124. The number of rotatable bonds is 10. The van der Waals surface area contributed by atoms with Crippen LogP contribution in [-0.4, -0.2) is 31.2 Å². The molecule has 102 valence electrons. The van der Waals surface area contributed by atoms with Crippen molar-refractivity contribution in [1.82, 2.24) is 5.32 Å². The standard InChI is InChI=1S/C13H28N2O2/c1-5-8-15-13(4,12(14)16)7-6-9-17-10-11(2)3/h11,15H,5-10H2,1-4H3,(H2,14,16). The number of carbonyl (C=O) groups excluding carboxylic acids is 1. The van der Waals surface area contributed by atoms with E-state index in [1.54, 1.807) is 0 Å². The second-order valence-electron chi connectivity index (χ2n) is 5.20. The maximum absolute atomic E-state index is 11.4. The third-order valence-corrected chi connectivity index (χ3v) is 2.73. The fourth-order valence-electron chi connectivity index (χ4n) is 1.55. The fraction of sp³-hybridized carbons (Fsp3) is 0.923. The van der Waals surface area contributed by atoms with Crippen LogP contribution in [0.2, 0.25) is 0 Å². The minimum Gasteiger partial charge on any atom is -0.381 e. The van der Waals surface area contributed by atoms with Crippen LogP contribution in [0.3, 0.4) is 0 Å². The summed E-state index contributed by atoms with van der Waals surface area (Å²) in [6, 6.07) is 0. The molecule has 0 bridgehead atoms. The fourth-order valence-corrected chi connectivity index (χ4v) is 1.55. The summed E-state index contributed by atoms with van der Waals surface area (Å²) in [5.74, 6) is 0.269. The molecule has 0 radical (unpaired) electrons. The number of carbonyl (C=O) groups is 1. The molecule has 1 atom stereocenters. The van der Waals surface area contributed by atoms with Gasteiger partial charge in [0.05, 0.1) is 5.54 Å². The third-order valence-electron chi connectivity index (χ3n) is 2.73. The van der Waals surface area contributed by atoms with Gasteiger partial charge in [-0.1, -0.05) is 20.8 Å². The largest absolute Gasteiger partial charge is 0.381 e. The summed E-state index contributed by atoms with van der Waals surface area (Å²) in [4.78, 5) is 11.4. The minimum atomic E-state index is -0.600. The average molecular weight is 244 g/mol. The molecule has 0 fully saturated rings. The van der Waals surface area contributed by atoms with Crippen molar-refractivity contribution >= 4 is 5.91 Å². The molecule has 0 spiro atoms. The van der Waals surface area contributed by atoms with Crippen LogP contribution in [0.4, 0.5) is 0 Å². The van der Waals surface area contributed by atoms with E-state index in [0.717, 1.165) is 32.4 Å². The van der Waals surface area contributed by atoms with Gasteiger partial charge in [0.15, 0.2) is 0 Å². The lowest BCUT2D eigenvalue weighted by atomic mass is 9.95. The number of hydrogen-bond acceptors (Lipinski definition) is 3. The summed E-state index contributed by atoms with van der Waals surface area (Å²) in [6.45, 7) is 10.5. The number of primary amides is 1. The highest BCUT2D eigenvalue weighted by atomic mass is 16.5. The zero-order chi connectivity index (χ0) is 13.3. The number of ether oxygens (including phenoxy) is 1. The summed E-state index contributed by atoms with van der Waals surface area (Å²) in [6.07, 6.45) is 2.57. The Bertz CT molecular complexity index is 219. The van der Waals surface area contributed by atoms with Crippen LogP contribution in [0.15, 0.2) is 0 Å². The zero-order valence-electron chi connectivity index (χ0n) is 11.7. The van der Waals surface area contributed by atoms with E-state index in [4.69, 9.17) is 10.5 Å². The Morgan fingerprint density at radius 2 is 2.12 bits per heavy atom. The second-order valence-corrected chi connectivity index (χ2v) is 5.20. The van der Waals surface area contributed by atoms with Crippen molar-refractivity contribution < 1.29 is 9.53 Å². The molecule has 0 aliphatic heterocycles. The molecule has 0 heterocycles. The van der Waals surface area contributed by atoms with Crippen LogP contribution in [0.5, 0.6) is 0 Å². The lowest BCUT2D eigenvalue weighted by Crippen LogP contribution is -2.53. The first kappa shape index (κ1) is 16.4. The van der Waals surface area contributed by atoms with Gasteiger partial charge in [-0.15, -0.1) is 0 Å². The van der Waals surface area contributed by atoms with E-state index in [1.165, 1.54) is 0 Å². The van der Waals surface area contributed by atoms with E-state index in [2.05, 4.69) is 26.1 Å². The predicted octanol–water partition coefficient (Wildman–Crippen LogP) is 1.68. The smallest absolute Gasteiger partial charge is 0.237 e. The van der Waals surface area contributed by atoms with Gasteiger partial charge in [0.1, 0.15) is 0 Å². The monoisotopic (exact) mass is 244 g/mol. The summed E-state index contributed by atoms with van der Waals surface area (Å²) < 4.78 is 5.49. The van der Waals surface area contributed by atoms with E-state index in [-0.39, 0.29) is 5.91 Å². The first-order chi connectivity index (χ1) is 7.92. The van der Waals surface area contributed by atoms with Crippen molar-refractivity contribution in [3.63, 3.8) is 0 Å². The SMILES string of the molecule is CCCNC(C)(CCCOCC(C)C)C(N)=O. The lowest BCUT2D eigenvalue weighted by Gasteiger charge is -2.27. The molecule has 0 aromatic rings. The highest BCUT2D eigenvalue weighted by molar-refractivity contribution is 5.84. The average Bonchev–Trinajstić information content (AvgIpc) is 2.25. The van der Waals surface area contributed by atoms with E-state index in [9.17, 15) is 4.79 Å². The van der Waals surface area contributed by atoms with E-state index in [0.29, 0.717) is 12.5 Å². The maximum atomic E-state index is 11.4. The number of hydrogen-bond donors (Lipinski definition) is 2. The molecule has 4 nitrogen and oxygen atoms in total. The maximum Gasteiger partial charge on any atom is 0.237 e. The molecule has 1 unspecified atom stereocenters. The Morgan fingerprint density at radius 1 is 1.47 bits per heavy atom. The van der Waals surface area contributed by atoms with Crippen LogP contribution in [0.25, 0.3) is 0 Å². The van der Waals surface area contributed by atoms with E-state index in [1.807, 2.05) is 6.92 Å². The van der Waals surface area contributed by atoms with Gasteiger partial charge in [-0.2, -0.15) is 0 Å². The van der Waals surface area contributed by atoms with Crippen LogP contribution >= 0.6 is 0 Å². The minimum absolute atomic E-state index is 0.283. The Balaban J connectivity index is 3.88. The summed E-state index contributed by atoms with van der Waals surface area (Å²) in [5, 5.41) is 3.21. The second kappa shape index (κ2) is 8.48. The summed E-state index contributed by atoms with van der Waals surface area (Å²) in [5.41, 5.74) is 4.83. The molecule has 0 aliphatic rings. The molecule has 4 heteroatoms. The van der Waals surface area contributed by atoms with Crippen LogP contribution in [0.1, 0.15) is 47.0 Å². The van der Waals surface area contributed by atoms with Crippen molar-refractivity contribution in [2.24, 2.45) is 11.7 Å². The summed E-state index contributed by atoms with van der Waals surface area (Å²) >= 11 is 0. The Hall–Kier alpha value is -0.610. The molecule has 0 rings (SSSR count). The Labute approximate surface area is 105 Å². The molecule has 0 saturated heterocycles. The van der Waals surface area contributed by atoms with E-state index < -0.39 is 5.54 Å². The third kappa shape index (κ3) is 7.34. The van der Waals surface area contributed by atoms with E-state index >= 15 is 0 Å². The number of nitrogens with two attached hydrogens (primary N) is 1. The normalized spacial score (nSPS) is 14.9. The zero-order valence-corrected chi connectivity index (χ0v) is 11.7. The van der Waals surface area contributed by atoms with Gasteiger partial charge in [0.25, 0.3) is 0 Å². The van der Waals surface area contributed by atoms with Crippen molar-refractivity contribution in [3.8, 4) is 0 Å². The van der Waals surface area contributed by atoms with Crippen LogP contribution < -0.4 is 11.1 Å². The van der Waals surface area contributed by atoms with Crippen molar-refractivity contribution in [3.05, 3.63) is 0 Å². The van der Waals surface area contributed by atoms with Gasteiger partial charge in [0.2, 0.25) is 5.91 Å². The Morgan fingerprint density at radius 3 is 2.59 bits per heavy atom.